The number of halogens is 1. The Hall–Kier alpha value is -0.550. The van der Waals surface area contributed by atoms with E-state index in [0.717, 1.165) is 25.1 Å². The molecule has 2 nitrogen and oxygen atoms in total. The van der Waals surface area contributed by atoms with Crippen LogP contribution in [0.5, 0.6) is 5.75 Å². The van der Waals surface area contributed by atoms with Crippen LogP contribution in [-0.4, -0.2) is 19.7 Å². The molecule has 0 heterocycles. The Morgan fingerprint density at radius 2 is 2.41 bits per heavy atom. The number of benzene rings is 1. The van der Waals surface area contributed by atoms with Gasteiger partial charge in [0, 0.05) is 12.6 Å². The normalized spacial score (nSPS) is 19.3. The van der Waals surface area contributed by atoms with E-state index in [1.54, 1.807) is 7.11 Å². The van der Waals surface area contributed by atoms with Crippen LogP contribution in [0.15, 0.2) is 28.4 Å². The predicted octanol–water partition coefficient (Wildman–Crippen LogP) is 3.09. The minimum Gasteiger partial charge on any atom is -0.496 e. The van der Waals surface area contributed by atoms with Crippen molar-refractivity contribution in [1.82, 2.24) is 5.32 Å². The van der Waals surface area contributed by atoms with Crippen LogP contribution < -0.4 is 10.1 Å². The van der Waals surface area contributed by atoms with E-state index in [-0.39, 0.29) is 0 Å². The lowest BCUT2D eigenvalue weighted by Gasteiger charge is -2.26. The van der Waals surface area contributed by atoms with Crippen LogP contribution in [0.2, 0.25) is 0 Å². The van der Waals surface area contributed by atoms with Crippen LogP contribution in [-0.2, 0) is 12.8 Å². The Bertz CT molecular complexity index is 389. The number of aryl methyl sites for hydroxylation is 1. The fraction of sp³-hybridized carbons (Fsp3) is 0.429. The van der Waals surface area contributed by atoms with Crippen molar-refractivity contribution in [3.8, 4) is 5.75 Å². The zero-order valence-electron chi connectivity index (χ0n) is 10.1. The molecule has 0 aromatic heterocycles. The molecule has 0 fully saturated rings. The van der Waals surface area contributed by atoms with Crippen molar-refractivity contribution in [1.29, 1.82) is 0 Å². The molecule has 1 aliphatic carbocycles. The first-order chi connectivity index (χ1) is 8.35. The van der Waals surface area contributed by atoms with Gasteiger partial charge in [-0.15, -0.1) is 0 Å². The van der Waals surface area contributed by atoms with Gasteiger partial charge in [0.1, 0.15) is 5.75 Å². The van der Waals surface area contributed by atoms with E-state index in [2.05, 4.69) is 56.3 Å². The van der Waals surface area contributed by atoms with Gasteiger partial charge in [0.15, 0.2) is 0 Å². The Kier molecular flexibility index (Phi) is 4.86. The van der Waals surface area contributed by atoms with E-state index in [1.807, 2.05) is 0 Å². The molecule has 0 saturated carbocycles. The van der Waals surface area contributed by atoms with E-state index < -0.39 is 0 Å². The van der Waals surface area contributed by atoms with Crippen molar-refractivity contribution in [3.05, 3.63) is 39.5 Å². The lowest BCUT2D eigenvalue weighted by Crippen LogP contribution is -2.34. The Morgan fingerprint density at radius 3 is 3.18 bits per heavy atom. The van der Waals surface area contributed by atoms with E-state index in [1.165, 1.54) is 17.5 Å². The number of ether oxygens (including phenoxy) is 1. The number of methoxy groups -OCH3 is 1. The lowest BCUT2D eigenvalue weighted by atomic mass is 9.87. The van der Waals surface area contributed by atoms with Gasteiger partial charge in [-0.25, -0.2) is 0 Å². The second-order valence-corrected chi connectivity index (χ2v) is 5.03. The van der Waals surface area contributed by atoms with Gasteiger partial charge < -0.3 is 10.1 Å². The zero-order chi connectivity index (χ0) is 12.1. The third-order valence-electron chi connectivity index (χ3n) is 3.28. The monoisotopic (exact) mass is 343 g/mol. The van der Waals surface area contributed by atoms with Gasteiger partial charge in [-0.2, -0.15) is 0 Å². The van der Waals surface area contributed by atoms with Gasteiger partial charge in [0.05, 0.1) is 7.11 Å². The molecule has 1 aromatic rings. The third kappa shape index (κ3) is 3.22. The number of hydrogen-bond donors (Lipinski definition) is 1. The summed E-state index contributed by atoms with van der Waals surface area (Å²) in [7, 11) is 1.76. The molecule has 1 aromatic carbocycles. The lowest BCUT2D eigenvalue weighted by molar-refractivity contribution is 0.397. The summed E-state index contributed by atoms with van der Waals surface area (Å²) in [5.41, 5.74) is 2.84. The van der Waals surface area contributed by atoms with Crippen molar-refractivity contribution in [3.63, 3.8) is 0 Å². The van der Waals surface area contributed by atoms with Crippen molar-refractivity contribution in [2.75, 3.05) is 13.7 Å². The molecule has 0 radical (unpaired) electrons. The molecule has 1 N–H and O–H groups in total. The minimum atomic E-state index is 0.575. The predicted molar refractivity (Wildman–Crippen MR) is 80.0 cm³/mol. The number of hydrogen-bond acceptors (Lipinski definition) is 2. The molecule has 1 atom stereocenters. The smallest absolute Gasteiger partial charge is 0.122 e. The molecule has 0 unspecified atom stereocenters. The first-order valence-corrected chi connectivity index (χ1v) is 7.23. The summed E-state index contributed by atoms with van der Waals surface area (Å²) in [4.78, 5) is 0. The highest BCUT2D eigenvalue weighted by atomic mass is 127. The summed E-state index contributed by atoms with van der Waals surface area (Å²) in [6.45, 7) is 0.956. The van der Waals surface area contributed by atoms with E-state index in [0.29, 0.717) is 6.04 Å². The molecule has 0 aliphatic heterocycles. The van der Waals surface area contributed by atoms with Crippen LogP contribution >= 0.6 is 22.6 Å². The summed E-state index contributed by atoms with van der Waals surface area (Å²) >= 11 is 2.25. The summed E-state index contributed by atoms with van der Waals surface area (Å²) in [6.07, 6.45) is 5.60. The molecular weight excluding hydrogens is 325 g/mol. The highest BCUT2D eigenvalue weighted by Crippen LogP contribution is 2.29. The van der Waals surface area contributed by atoms with Gasteiger partial charge in [-0.3, -0.25) is 0 Å². The molecule has 0 bridgehead atoms. The molecule has 17 heavy (non-hydrogen) atoms. The average Bonchev–Trinajstić information content (AvgIpc) is 2.38. The van der Waals surface area contributed by atoms with Gasteiger partial charge in [-0.1, -0.05) is 40.8 Å². The highest BCUT2D eigenvalue weighted by molar-refractivity contribution is 14.1. The van der Waals surface area contributed by atoms with Crippen LogP contribution in [0.3, 0.4) is 0 Å². The molecule has 3 heteroatoms. The fourth-order valence-corrected chi connectivity index (χ4v) is 2.65. The van der Waals surface area contributed by atoms with Gasteiger partial charge in [0.2, 0.25) is 0 Å². The maximum atomic E-state index is 5.44. The van der Waals surface area contributed by atoms with Gasteiger partial charge in [0.25, 0.3) is 0 Å². The quantitative estimate of drug-likeness (QED) is 0.849. The number of rotatable bonds is 4. The molecular formula is C14H18INO. The van der Waals surface area contributed by atoms with Crippen LogP contribution in [0.25, 0.3) is 0 Å². The van der Waals surface area contributed by atoms with E-state index in [9.17, 15) is 0 Å². The third-order valence-corrected chi connectivity index (χ3v) is 3.78. The summed E-state index contributed by atoms with van der Waals surface area (Å²) in [5, 5.41) is 3.57. The fourth-order valence-electron chi connectivity index (χ4n) is 2.40. The highest BCUT2D eigenvalue weighted by Gasteiger charge is 2.20. The first kappa shape index (κ1) is 12.9. The number of nitrogens with one attached hydrogen (secondary N) is 1. The maximum absolute atomic E-state index is 5.44. The molecule has 0 amide bonds. The van der Waals surface area contributed by atoms with Crippen LogP contribution in [0.1, 0.15) is 17.5 Å². The number of fused-ring (bicyclic) bond motifs is 1. The maximum Gasteiger partial charge on any atom is 0.122 e. The minimum absolute atomic E-state index is 0.575. The molecule has 0 saturated heterocycles. The molecule has 0 spiro atoms. The topological polar surface area (TPSA) is 21.3 Å². The summed E-state index contributed by atoms with van der Waals surface area (Å²) in [5.74, 6) is 1.04. The molecule has 92 valence electrons. The Balaban J connectivity index is 2.06. The van der Waals surface area contributed by atoms with Crippen molar-refractivity contribution < 1.29 is 4.74 Å². The second-order valence-electron chi connectivity index (χ2n) is 4.31. The van der Waals surface area contributed by atoms with Crippen molar-refractivity contribution >= 4 is 22.6 Å². The first-order valence-electron chi connectivity index (χ1n) is 5.98. The Morgan fingerprint density at radius 1 is 1.53 bits per heavy atom. The van der Waals surface area contributed by atoms with Crippen LogP contribution in [0.4, 0.5) is 0 Å². The second kappa shape index (κ2) is 6.40. The zero-order valence-corrected chi connectivity index (χ0v) is 12.2. The van der Waals surface area contributed by atoms with E-state index in [4.69, 9.17) is 4.74 Å². The van der Waals surface area contributed by atoms with Crippen molar-refractivity contribution in [2.24, 2.45) is 0 Å². The average molecular weight is 343 g/mol. The molecule has 1 aliphatic rings. The van der Waals surface area contributed by atoms with E-state index >= 15 is 0 Å². The van der Waals surface area contributed by atoms with Gasteiger partial charge in [-0.05, 0) is 40.5 Å². The summed E-state index contributed by atoms with van der Waals surface area (Å²) < 4.78 is 7.50. The van der Waals surface area contributed by atoms with Gasteiger partial charge >= 0.3 is 0 Å². The SMILES string of the molecule is COc1cccc2c1C[C@H](NC/C=C/I)CC2. The summed E-state index contributed by atoms with van der Waals surface area (Å²) in [6, 6.07) is 6.95. The standard InChI is InChI=1S/C14H18INO/c1-17-14-5-2-4-11-6-7-12(10-13(11)14)16-9-3-8-15/h2-5,8,12,16H,6-7,9-10H2,1H3/b8-3+/t12-/m1/s1. The molecule has 2 rings (SSSR count). The largest absolute Gasteiger partial charge is 0.496 e. The van der Waals surface area contributed by atoms with Crippen LogP contribution in [0, 0.1) is 0 Å². The van der Waals surface area contributed by atoms with Crippen molar-refractivity contribution in [2.45, 2.75) is 25.3 Å². The Labute approximate surface area is 117 Å².